The fraction of sp³-hybridized carbons (Fsp3) is 0.0476. The van der Waals surface area contributed by atoms with Gasteiger partial charge >= 0.3 is 5.69 Å². The fourth-order valence-corrected chi connectivity index (χ4v) is 3.70. The van der Waals surface area contributed by atoms with Crippen LogP contribution in [0.1, 0.15) is 0 Å². The molecule has 1 N–H and O–H groups in total. The Balaban J connectivity index is 2.08. The van der Waals surface area contributed by atoms with Crippen LogP contribution in [0.15, 0.2) is 59.4 Å². The lowest BCUT2D eigenvalue weighted by Gasteiger charge is -2.14. The zero-order valence-electron chi connectivity index (χ0n) is 14.6. The van der Waals surface area contributed by atoms with Crippen molar-refractivity contribution >= 4 is 45.7 Å². The number of aromatic nitrogens is 2. The molecule has 0 aliphatic rings. The summed E-state index contributed by atoms with van der Waals surface area (Å²) in [6.45, 7) is 0. The van der Waals surface area contributed by atoms with Gasteiger partial charge in [-0.25, -0.2) is 4.79 Å². The molecule has 0 atom stereocenters. The number of nitrogens with zero attached hydrogens (tertiary/aromatic N) is 1. The Morgan fingerprint density at radius 2 is 1.71 bits per heavy atom. The summed E-state index contributed by atoms with van der Waals surface area (Å²) in [4.78, 5) is 19.1. The van der Waals surface area contributed by atoms with Gasteiger partial charge in [-0.15, -0.1) is 0 Å². The second-order valence-electron chi connectivity index (χ2n) is 6.12. The standard InChI is InChI=1S/C21H13Cl3N2O2/c1-28-19-10-18-16(9-15(19)14-8-13(23)5-6-17(14)24)20(26-21(27)25-18)11-3-2-4-12(22)7-11/h2-10H,1H3,(H,25,26,27). The first-order valence-corrected chi connectivity index (χ1v) is 9.43. The number of rotatable bonds is 3. The molecule has 7 heteroatoms. The van der Waals surface area contributed by atoms with Crippen LogP contribution >= 0.6 is 34.8 Å². The highest BCUT2D eigenvalue weighted by atomic mass is 35.5. The highest BCUT2D eigenvalue weighted by Gasteiger charge is 2.16. The SMILES string of the molecule is COc1cc2[nH]c(=O)nc(-c3cccc(Cl)c3)c2cc1-c1cc(Cl)ccc1Cl. The minimum absolute atomic E-state index is 0.460. The summed E-state index contributed by atoms with van der Waals surface area (Å²) < 4.78 is 5.54. The summed E-state index contributed by atoms with van der Waals surface area (Å²) in [5, 5.41) is 2.37. The van der Waals surface area contributed by atoms with E-state index in [1.807, 2.05) is 18.2 Å². The zero-order valence-corrected chi connectivity index (χ0v) is 16.9. The molecule has 0 unspecified atom stereocenters. The van der Waals surface area contributed by atoms with Gasteiger partial charge in [0.2, 0.25) is 0 Å². The van der Waals surface area contributed by atoms with Crippen molar-refractivity contribution in [3.8, 4) is 28.1 Å². The fourth-order valence-electron chi connectivity index (χ4n) is 3.12. The van der Waals surface area contributed by atoms with Crippen molar-refractivity contribution < 1.29 is 4.74 Å². The summed E-state index contributed by atoms with van der Waals surface area (Å²) in [6.07, 6.45) is 0. The molecule has 1 aromatic heterocycles. The third-order valence-corrected chi connectivity index (χ3v) is 5.17. The molecule has 4 nitrogen and oxygen atoms in total. The van der Waals surface area contributed by atoms with Gasteiger partial charge in [-0.05, 0) is 36.4 Å². The third kappa shape index (κ3) is 3.47. The van der Waals surface area contributed by atoms with Crippen molar-refractivity contribution in [1.29, 1.82) is 0 Å². The predicted molar refractivity (Wildman–Crippen MR) is 115 cm³/mol. The van der Waals surface area contributed by atoms with Crippen LogP contribution in [0.2, 0.25) is 15.1 Å². The largest absolute Gasteiger partial charge is 0.496 e. The zero-order chi connectivity index (χ0) is 19.8. The van der Waals surface area contributed by atoms with E-state index in [9.17, 15) is 4.79 Å². The van der Waals surface area contributed by atoms with Crippen LogP contribution in [0.5, 0.6) is 5.75 Å². The van der Waals surface area contributed by atoms with Gasteiger partial charge in [-0.2, -0.15) is 4.98 Å². The number of methoxy groups -OCH3 is 1. The topological polar surface area (TPSA) is 55.0 Å². The van der Waals surface area contributed by atoms with E-state index in [-0.39, 0.29) is 0 Å². The van der Waals surface area contributed by atoms with Crippen LogP contribution in [-0.4, -0.2) is 17.1 Å². The minimum Gasteiger partial charge on any atom is -0.496 e. The van der Waals surface area contributed by atoms with Crippen molar-refractivity contribution in [3.63, 3.8) is 0 Å². The van der Waals surface area contributed by atoms with E-state index in [1.165, 1.54) is 0 Å². The number of H-pyrrole nitrogens is 1. The van der Waals surface area contributed by atoms with Crippen LogP contribution < -0.4 is 10.4 Å². The Morgan fingerprint density at radius 3 is 2.46 bits per heavy atom. The Kier molecular flexibility index (Phi) is 5.02. The summed E-state index contributed by atoms with van der Waals surface area (Å²) >= 11 is 18.7. The molecular weight excluding hydrogens is 419 g/mol. The molecule has 0 saturated carbocycles. The molecule has 4 aromatic rings. The van der Waals surface area contributed by atoms with E-state index in [0.717, 1.165) is 22.1 Å². The first kappa shape index (κ1) is 18.8. The van der Waals surface area contributed by atoms with Crippen molar-refractivity contribution in [2.75, 3.05) is 7.11 Å². The number of hydrogen-bond acceptors (Lipinski definition) is 3. The van der Waals surface area contributed by atoms with Gasteiger partial charge < -0.3 is 9.72 Å². The monoisotopic (exact) mass is 430 g/mol. The lowest BCUT2D eigenvalue weighted by molar-refractivity contribution is 0.417. The lowest BCUT2D eigenvalue weighted by atomic mass is 9.99. The third-order valence-electron chi connectivity index (χ3n) is 4.37. The average molecular weight is 432 g/mol. The van der Waals surface area contributed by atoms with E-state index < -0.39 is 5.69 Å². The molecule has 4 rings (SSSR count). The molecule has 0 amide bonds. The van der Waals surface area contributed by atoms with Crippen LogP contribution in [0.3, 0.4) is 0 Å². The van der Waals surface area contributed by atoms with Gasteiger partial charge in [0.15, 0.2) is 0 Å². The molecule has 0 fully saturated rings. The van der Waals surface area contributed by atoms with Gasteiger partial charge in [0.25, 0.3) is 0 Å². The Hall–Kier alpha value is -2.53. The van der Waals surface area contributed by atoms with Gasteiger partial charge in [0.05, 0.1) is 18.3 Å². The maximum atomic E-state index is 12.1. The van der Waals surface area contributed by atoms with Crippen LogP contribution in [-0.2, 0) is 0 Å². The summed E-state index contributed by atoms with van der Waals surface area (Å²) in [7, 11) is 1.56. The number of benzene rings is 3. The van der Waals surface area contributed by atoms with Crippen molar-refractivity contribution in [2.45, 2.75) is 0 Å². The number of aromatic amines is 1. The quantitative estimate of drug-likeness (QED) is 0.418. The molecule has 0 aliphatic heterocycles. The molecule has 0 bridgehead atoms. The Bertz CT molecular complexity index is 1270. The number of fused-ring (bicyclic) bond motifs is 1. The van der Waals surface area contributed by atoms with E-state index in [1.54, 1.807) is 43.5 Å². The molecule has 3 aromatic carbocycles. The Labute approximate surface area is 175 Å². The molecule has 1 heterocycles. The molecule has 0 radical (unpaired) electrons. The second kappa shape index (κ2) is 7.47. The number of nitrogens with one attached hydrogen (secondary N) is 1. The highest BCUT2D eigenvalue weighted by Crippen LogP contribution is 2.40. The maximum Gasteiger partial charge on any atom is 0.345 e. The smallest absolute Gasteiger partial charge is 0.345 e. The molecule has 0 aliphatic carbocycles. The lowest BCUT2D eigenvalue weighted by Crippen LogP contribution is -2.11. The number of halogens is 3. The van der Waals surface area contributed by atoms with Crippen molar-refractivity contribution in [1.82, 2.24) is 9.97 Å². The Morgan fingerprint density at radius 1 is 0.929 bits per heavy atom. The second-order valence-corrected chi connectivity index (χ2v) is 7.40. The van der Waals surface area contributed by atoms with Crippen molar-refractivity contribution in [3.05, 3.63) is 80.1 Å². The molecule has 0 spiro atoms. The van der Waals surface area contributed by atoms with Crippen LogP contribution in [0.25, 0.3) is 33.3 Å². The van der Waals surface area contributed by atoms with Crippen LogP contribution in [0, 0.1) is 0 Å². The number of hydrogen-bond donors (Lipinski definition) is 1. The summed E-state index contributed by atoms with van der Waals surface area (Å²) in [6, 6.07) is 16.0. The minimum atomic E-state index is -0.460. The molecule has 140 valence electrons. The van der Waals surface area contributed by atoms with E-state index >= 15 is 0 Å². The first-order chi connectivity index (χ1) is 13.5. The van der Waals surface area contributed by atoms with E-state index in [4.69, 9.17) is 39.5 Å². The van der Waals surface area contributed by atoms with E-state index in [2.05, 4.69) is 9.97 Å². The van der Waals surface area contributed by atoms with Gasteiger partial charge in [-0.1, -0.05) is 46.9 Å². The summed E-state index contributed by atoms with van der Waals surface area (Å²) in [5.74, 6) is 0.551. The van der Waals surface area contributed by atoms with E-state index in [0.29, 0.717) is 32.0 Å². The van der Waals surface area contributed by atoms with Gasteiger partial charge in [0, 0.05) is 43.2 Å². The predicted octanol–water partition coefficient (Wildman–Crippen LogP) is 6.23. The molecular formula is C21H13Cl3N2O2. The maximum absolute atomic E-state index is 12.1. The van der Waals surface area contributed by atoms with Crippen LogP contribution in [0.4, 0.5) is 0 Å². The van der Waals surface area contributed by atoms with Crippen molar-refractivity contribution in [2.24, 2.45) is 0 Å². The molecule has 0 saturated heterocycles. The number of ether oxygens (including phenoxy) is 1. The first-order valence-electron chi connectivity index (χ1n) is 8.29. The van der Waals surface area contributed by atoms with Gasteiger partial charge in [-0.3, -0.25) is 0 Å². The molecule has 28 heavy (non-hydrogen) atoms. The average Bonchev–Trinajstić information content (AvgIpc) is 2.68. The van der Waals surface area contributed by atoms with Gasteiger partial charge in [0.1, 0.15) is 5.75 Å². The summed E-state index contributed by atoms with van der Waals surface area (Å²) in [5.41, 5.74) is 2.84. The highest BCUT2D eigenvalue weighted by molar-refractivity contribution is 6.35. The normalized spacial score (nSPS) is 11.0.